The van der Waals surface area contributed by atoms with E-state index in [1.54, 1.807) is 6.07 Å². The van der Waals surface area contributed by atoms with Crippen LogP contribution < -0.4 is 10.9 Å². The number of rotatable bonds is 2. The largest absolute Gasteiger partial charge is 0.330 e. The Labute approximate surface area is 150 Å². The van der Waals surface area contributed by atoms with E-state index in [4.69, 9.17) is 0 Å². The molecule has 2 heterocycles. The second kappa shape index (κ2) is 5.68. The highest BCUT2D eigenvalue weighted by molar-refractivity contribution is 9.10. The maximum atomic E-state index is 12.7. The molecule has 0 aliphatic heterocycles. The molecule has 1 N–H and O–H groups in total. The van der Waals surface area contributed by atoms with E-state index in [9.17, 15) is 4.79 Å². The Morgan fingerprint density at radius 3 is 2.67 bits per heavy atom. The first-order chi connectivity index (χ1) is 11.5. The van der Waals surface area contributed by atoms with Crippen molar-refractivity contribution in [2.24, 2.45) is 0 Å². The Balaban J connectivity index is 1.88. The van der Waals surface area contributed by atoms with Crippen LogP contribution in [0.2, 0.25) is 0 Å². The van der Waals surface area contributed by atoms with Gasteiger partial charge in [0.05, 0.1) is 10.9 Å². The van der Waals surface area contributed by atoms with Gasteiger partial charge in [-0.2, -0.15) is 4.52 Å². The molecular formula is C17H13BrN4OS. The number of anilines is 2. The summed E-state index contributed by atoms with van der Waals surface area (Å²) in [4.78, 5) is 17.8. The molecule has 7 heteroatoms. The molecule has 24 heavy (non-hydrogen) atoms. The molecule has 5 nitrogen and oxygen atoms in total. The zero-order valence-corrected chi connectivity index (χ0v) is 15.4. The molecule has 0 saturated carbocycles. The lowest BCUT2D eigenvalue weighted by atomic mass is 10.1. The molecule has 0 amide bonds. The van der Waals surface area contributed by atoms with E-state index in [1.165, 1.54) is 15.9 Å². The fourth-order valence-corrected chi connectivity index (χ4v) is 3.81. The predicted molar refractivity (Wildman–Crippen MR) is 102 cm³/mol. The number of aromatic nitrogens is 3. The van der Waals surface area contributed by atoms with Crippen molar-refractivity contribution in [2.45, 2.75) is 13.8 Å². The van der Waals surface area contributed by atoms with E-state index >= 15 is 0 Å². The second-order valence-corrected chi connectivity index (χ2v) is 7.44. The molecule has 0 fully saturated rings. The Kier molecular flexibility index (Phi) is 3.62. The highest BCUT2D eigenvalue weighted by Crippen LogP contribution is 2.27. The molecule has 0 saturated heterocycles. The summed E-state index contributed by atoms with van der Waals surface area (Å²) >= 11 is 4.75. The van der Waals surface area contributed by atoms with Crippen LogP contribution in [0, 0.1) is 13.8 Å². The normalized spacial score (nSPS) is 11.3. The van der Waals surface area contributed by atoms with E-state index in [2.05, 4.69) is 31.3 Å². The van der Waals surface area contributed by atoms with Crippen LogP contribution >= 0.6 is 27.3 Å². The maximum absolute atomic E-state index is 12.7. The Hall–Kier alpha value is -2.25. The van der Waals surface area contributed by atoms with Gasteiger partial charge in [0.2, 0.25) is 10.1 Å². The lowest BCUT2D eigenvalue weighted by molar-refractivity contribution is 0.919. The molecule has 0 unspecified atom stereocenters. The van der Waals surface area contributed by atoms with E-state index < -0.39 is 0 Å². The third-order valence-corrected chi connectivity index (χ3v) is 5.19. The molecule has 2 aromatic carbocycles. The van der Waals surface area contributed by atoms with Crippen LogP contribution in [0.4, 0.5) is 10.8 Å². The topological polar surface area (TPSA) is 59.3 Å². The Morgan fingerprint density at radius 1 is 1.17 bits per heavy atom. The Bertz CT molecular complexity index is 1130. The van der Waals surface area contributed by atoms with Gasteiger partial charge in [0.25, 0.3) is 5.56 Å². The zero-order chi connectivity index (χ0) is 16.8. The van der Waals surface area contributed by atoms with E-state index in [-0.39, 0.29) is 5.56 Å². The van der Waals surface area contributed by atoms with Crippen LogP contribution in [0.5, 0.6) is 0 Å². The van der Waals surface area contributed by atoms with Gasteiger partial charge in [0.1, 0.15) is 0 Å². The molecule has 0 atom stereocenters. The van der Waals surface area contributed by atoms with Gasteiger partial charge >= 0.3 is 0 Å². The molecule has 0 bridgehead atoms. The molecule has 120 valence electrons. The summed E-state index contributed by atoms with van der Waals surface area (Å²) < 4.78 is 2.20. The summed E-state index contributed by atoms with van der Waals surface area (Å²) in [6.07, 6.45) is 0. The fourth-order valence-electron chi connectivity index (χ4n) is 2.65. The minimum atomic E-state index is -0.165. The highest BCUT2D eigenvalue weighted by atomic mass is 79.9. The van der Waals surface area contributed by atoms with Gasteiger partial charge in [-0.25, -0.2) is 4.98 Å². The second-order valence-electron chi connectivity index (χ2n) is 5.57. The van der Waals surface area contributed by atoms with Crippen LogP contribution in [0.1, 0.15) is 11.1 Å². The van der Waals surface area contributed by atoms with Gasteiger partial charge in [-0.15, -0.1) is 5.10 Å². The van der Waals surface area contributed by atoms with Crippen molar-refractivity contribution in [2.75, 3.05) is 5.32 Å². The summed E-state index contributed by atoms with van der Waals surface area (Å²) in [5.74, 6) is 0. The molecule has 0 spiro atoms. The van der Waals surface area contributed by atoms with Crippen molar-refractivity contribution in [3.63, 3.8) is 0 Å². The van der Waals surface area contributed by atoms with Crippen molar-refractivity contribution in [1.82, 2.24) is 14.6 Å². The number of nitrogens with zero attached hydrogens (tertiary/aromatic N) is 3. The van der Waals surface area contributed by atoms with Crippen LogP contribution in [0.3, 0.4) is 0 Å². The molecule has 4 rings (SSSR count). The molecular weight excluding hydrogens is 388 g/mol. The lowest BCUT2D eigenvalue weighted by Gasteiger charge is -2.09. The maximum Gasteiger partial charge on any atom is 0.283 e. The minimum absolute atomic E-state index is 0.165. The zero-order valence-electron chi connectivity index (χ0n) is 13.0. The number of hydrogen-bond donors (Lipinski definition) is 1. The number of hydrogen-bond acceptors (Lipinski definition) is 5. The predicted octanol–water partition coefficient (Wildman–Crippen LogP) is 4.43. The third-order valence-electron chi connectivity index (χ3n) is 3.87. The van der Waals surface area contributed by atoms with Gasteiger partial charge in [0, 0.05) is 10.2 Å². The van der Waals surface area contributed by atoms with Gasteiger partial charge in [-0.3, -0.25) is 4.79 Å². The molecule has 0 aliphatic rings. The summed E-state index contributed by atoms with van der Waals surface area (Å²) in [6.45, 7) is 4.08. The smallest absolute Gasteiger partial charge is 0.283 e. The molecule has 2 aromatic heterocycles. The van der Waals surface area contributed by atoms with Crippen LogP contribution in [-0.4, -0.2) is 14.6 Å². The first-order valence-corrected chi connectivity index (χ1v) is 8.96. The quantitative estimate of drug-likeness (QED) is 0.540. The van der Waals surface area contributed by atoms with Crippen molar-refractivity contribution >= 4 is 53.9 Å². The molecule has 0 aliphatic carbocycles. The van der Waals surface area contributed by atoms with Crippen LogP contribution in [-0.2, 0) is 0 Å². The van der Waals surface area contributed by atoms with Crippen LogP contribution in [0.15, 0.2) is 45.7 Å². The number of fused-ring (bicyclic) bond motifs is 2. The fraction of sp³-hybridized carbons (Fsp3) is 0.118. The number of halogens is 1. The average molecular weight is 401 g/mol. The first-order valence-electron chi connectivity index (χ1n) is 7.35. The standard InChI is InChI=1S/C17H13BrN4OS/c1-9-4-3-5-10(2)14(9)20-16-21-22-15(23)12-8-11(18)6-7-13(12)19-17(22)24-16/h3-8H,1-2H3,(H,20,21). The van der Waals surface area contributed by atoms with E-state index in [1.807, 2.05) is 44.2 Å². The van der Waals surface area contributed by atoms with E-state index in [0.29, 0.717) is 21.0 Å². The van der Waals surface area contributed by atoms with Gasteiger partial charge in [-0.1, -0.05) is 45.5 Å². The SMILES string of the molecule is Cc1cccc(C)c1Nc1nn2c(=O)c3cc(Br)ccc3nc2s1. The minimum Gasteiger partial charge on any atom is -0.330 e. The lowest BCUT2D eigenvalue weighted by Crippen LogP contribution is -2.15. The first kappa shape index (κ1) is 15.3. The van der Waals surface area contributed by atoms with Crippen LogP contribution in [0.25, 0.3) is 15.9 Å². The van der Waals surface area contributed by atoms with Crippen molar-refractivity contribution in [3.8, 4) is 0 Å². The number of aryl methyl sites for hydroxylation is 2. The summed E-state index contributed by atoms with van der Waals surface area (Å²) in [6, 6.07) is 11.6. The summed E-state index contributed by atoms with van der Waals surface area (Å²) in [5.41, 5.74) is 3.77. The van der Waals surface area contributed by atoms with Gasteiger partial charge in [0.15, 0.2) is 0 Å². The number of nitrogens with one attached hydrogen (secondary N) is 1. The molecule has 0 radical (unpaired) electrons. The Morgan fingerprint density at radius 2 is 1.92 bits per heavy atom. The van der Waals surface area contributed by atoms with E-state index in [0.717, 1.165) is 21.3 Å². The summed E-state index contributed by atoms with van der Waals surface area (Å²) in [5, 5.41) is 8.92. The van der Waals surface area contributed by atoms with Crippen molar-refractivity contribution in [1.29, 1.82) is 0 Å². The van der Waals surface area contributed by atoms with Gasteiger partial charge < -0.3 is 5.32 Å². The number of para-hydroxylation sites is 1. The molecule has 4 aromatic rings. The highest BCUT2D eigenvalue weighted by Gasteiger charge is 2.12. The van der Waals surface area contributed by atoms with Gasteiger partial charge in [-0.05, 0) is 43.2 Å². The van der Waals surface area contributed by atoms with Crippen molar-refractivity contribution in [3.05, 3.63) is 62.4 Å². The number of benzene rings is 2. The average Bonchev–Trinajstić information content (AvgIpc) is 2.95. The third kappa shape index (κ3) is 2.50. The summed E-state index contributed by atoms with van der Waals surface area (Å²) in [7, 11) is 0. The van der Waals surface area contributed by atoms with Crippen molar-refractivity contribution < 1.29 is 0 Å². The monoisotopic (exact) mass is 400 g/mol.